The quantitative estimate of drug-likeness (QED) is 0.338. The van der Waals surface area contributed by atoms with E-state index in [9.17, 15) is 0 Å². The van der Waals surface area contributed by atoms with Crippen molar-refractivity contribution in [1.82, 2.24) is 0 Å². The minimum atomic E-state index is 0.235. The summed E-state index contributed by atoms with van der Waals surface area (Å²) in [6, 6.07) is 17.0. The van der Waals surface area contributed by atoms with Crippen molar-refractivity contribution in [2.24, 2.45) is 5.41 Å². The zero-order chi connectivity index (χ0) is 22.6. The molecule has 0 N–H and O–H groups in total. The van der Waals surface area contributed by atoms with Crippen LogP contribution in [-0.4, -0.2) is 12.9 Å². The molecular weight excluding hydrogens is 374 g/mol. The van der Waals surface area contributed by atoms with Crippen LogP contribution in [0, 0.1) is 19.3 Å². The highest BCUT2D eigenvalue weighted by molar-refractivity contribution is 6.15. The van der Waals surface area contributed by atoms with E-state index in [0.29, 0.717) is 0 Å². The molecule has 2 aromatic rings. The first-order valence-electron chi connectivity index (χ1n) is 10.3. The summed E-state index contributed by atoms with van der Waals surface area (Å²) in [6.07, 6.45) is 2.47. The summed E-state index contributed by atoms with van der Waals surface area (Å²) in [4.78, 5) is 2.30. The Morgan fingerprint density at radius 2 is 1.52 bits per heavy atom. The van der Waals surface area contributed by atoms with E-state index in [2.05, 4.69) is 113 Å². The number of alkyl halides is 1. The summed E-state index contributed by atoms with van der Waals surface area (Å²) in [6.45, 7) is 24.6. The Bertz CT molecular complexity index is 768. The van der Waals surface area contributed by atoms with Gasteiger partial charge in [-0.05, 0) is 48.9 Å². The fraction of sp³-hybridized carbons (Fsp3) is 0.407. The second kappa shape index (κ2) is 13.3. The Labute approximate surface area is 185 Å². The van der Waals surface area contributed by atoms with E-state index in [0.717, 1.165) is 18.7 Å². The van der Waals surface area contributed by atoms with Crippen molar-refractivity contribution in [3.05, 3.63) is 84.0 Å². The van der Waals surface area contributed by atoms with Gasteiger partial charge in [0.1, 0.15) is 0 Å². The number of rotatable bonds is 6. The fourth-order valence-corrected chi connectivity index (χ4v) is 3.21. The lowest BCUT2D eigenvalue weighted by molar-refractivity contribution is 0.408. The van der Waals surface area contributed by atoms with Crippen molar-refractivity contribution >= 4 is 23.0 Å². The largest absolute Gasteiger partial charge is 0.337 e. The first-order valence-corrected chi connectivity index (χ1v) is 11.1. The minimum Gasteiger partial charge on any atom is -0.337 e. The molecule has 0 saturated carbocycles. The van der Waals surface area contributed by atoms with Gasteiger partial charge in [-0.1, -0.05) is 89.7 Å². The van der Waals surface area contributed by atoms with Gasteiger partial charge in [-0.3, -0.25) is 0 Å². The maximum absolute atomic E-state index is 4.64. The highest BCUT2D eigenvalue weighted by atomic mass is 35.5. The SMILES string of the molecule is C=C(CN(C(=C)c1ccccc1C)c1cccc(C)c1)CC(C)(C)C.CC.CCl. The van der Waals surface area contributed by atoms with E-state index in [-0.39, 0.29) is 5.41 Å². The Kier molecular flexibility index (Phi) is 12.4. The number of hydrogen-bond acceptors (Lipinski definition) is 1. The molecule has 0 amide bonds. The molecule has 29 heavy (non-hydrogen) atoms. The molecule has 0 spiro atoms. The molecule has 0 atom stereocenters. The Morgan fingerprint density at radius 3 is 2.03 bits per heavy atom. The molecule has 0 saturated heterocycles. The highest BCUT2D eigenvalue weighted by Gasteiger charge is 2.18. The number of hydrogen-bond donors (Lipinski definition) is 0. The van der Waals surface area contributed by atoms with Crippen LogP contribution in [0.1, 0.15) is 57.7 Å². The number of nitrogens with zero attached hydrogens (tertiary/aromatic N) is 1. The number of aryl methyl sites for hydroxylation is 2. The van der Waals surface area contributed by atoms with Gasteiger partial charge in [-0.25, -0.2) is 0 Å². The van der Waals surface area contributed by atoms with Crippen molar-refractivity contribution in [2.45, 2.75) is 54.9 Å². The van der Waals surface area contributed by atoms with Gasteiger partial charge in [-0.2, -0.15) is 0 Å². The van der Waals surface area contributed by atoms with Gasteiger partial charge in [0, 0.05) is 29.9 Å². The van der Waals surface area contributed by atoms with E-state index in [1.807, 2.05) is 13.8 Å². The molecule has 0 aliphatic carbocycles. The predicted octanol–water partition coefficient (Wildman–Crippen LogP) is 8.65. The van der Waals surface area contributed by atoms with Crippen LogP contribution in [0.25, 0.3) is 5.70 Å². The van der Waals surface area contributed by atoms with Crippen LogP contribution in [0.2, 0.25) is 0 Å². The molecule has 160 valence electrons. The minimum absolute atomic E-state index is 0.235. The van der Waals surface area contributed by atoms with Crippen LogP contribution in [0.4, 0.5) is 5.69 Å². The van der Waals surface area contributed by atoms with Crippen molar-refractivity contribution in [2.75, 3.05) is 17.8 Å². The number of anilines is 1. The average molecular weight is 414 g/mol. The third kappa shape index (κ3) is 9.37. The third-order valence-corrected chi connectivity index (χ3v) is 4.26. The average Bonchev–Trinajstić information content (AvgIpc) is 2.68. The molecule has 1 nitrogen and oxygen atoms in total. The van der Waals surface area contributed by atoms with Crippen LogP contribution in [0.15, 0.2) is 67.3 Å². The van der Waals surface area contributed by atoms with Crippen LogP contribution < -0.4 is 4.90 Å². The third-order valence-electron chi connectivity index (χ3n) is 4.26. The first kappa shape index (κ1) is 27.0. The molecule has 0 fully saturated rings. The van der Waals surface area contributed by atoms with Crippen LogP contribution in [0.3, 0.4) is 0 Å². The first-order chi connectivity index (χ1) is 13.7. The molecule has 0 aliphatic rings. The molecule has 0 radical (unpaired) electrons. The van der Waals surface area contributed by atoms with E-state index in [1.54, 1.807) is 0 Å². The molecule has 2 aromatic carbocycles. The van der Waals surface area contributed by atoms with Crippen LogP contribution >= 0.6 is 11.6 Å². The van der Waals surface area contributed by atoms with Gasteiger partial charge >= 0.3 is 0 Å². The Balaban J connectivity index is 0.00000184. The summed E-state index contributed by atoms with van der Waals surface area (Å²) >= 11 is 4.64. The second-order valence-corrected chi connectivity index (χ2v) is 8.17. The maximum Gasteiger partial charge on any atom is 0.0438 e. The molecule has 0 aromatic heterocycles. The van der Waals surface area contributed by atoms with E-state index in [1.165, 1.54) is 34.3 Å². The Morgan fingerprint density at radius 1 is 0.931 bits per heavy atom. The Hall–Kier alpha value is -1.99. The van der Waals surface area contributed by atoms with E-state index >= 15 is 0 Å². The second-order valence-electron chi connectivity index (χ2n) is 8.17. The van der Waals surface area contributed by atoms with Gasteiger partial charge in [0.25, 0.3) is 0 Å². The smallest absolute Gasteiger partial charge is 0.0438 e. The van der Waals surface area contributed by atoms with Crippen molar-refractivity contribution in [1.29, 1.82) is 0 Å². The molecule has 0 bridgehead atoms. The lowest BCUT2D eigenvalue weighted by atomic mass is 9.88. The molecule has 0 unspecified atom stereocenters. The van der Waals surface area contributed by atoms with Crippen molar-refractivity contribution < 1.29 is 0 Å². The fourth-order valence-electron chi connectivity index (χ4n) is 3.21. The zero-order valence-corrected chi connectivity index (χ0v) is 20.5. The summed E-state index contributed by atoms with van der Waals surface area (Å²) in [5, 5.41) is 0. The molecule has 0 aliphatic heterocycles. The van der Waals surface area contributed by atoms with E-state index in [4.69, 9.17) is 0 Å². The van der Waals surface area contributed by atoms with Gasteiger partial charge in [0.05, 0.1) is 0 Å². The van der Waals surface area contributed by atoms with Gasteiger partial charge < -0.3 is 4.90 Å². The lowest BCUT2D eigenvalue weighted by Crippen LogP contribution is -2.25. The predicted molar refractivity (Wildman–Crippen MR) is 135 cm³/mol. The highest BCUT2D eigenvalue weighted by Crippen LogP contribution is 2.31. The standard InChI is InChI=1S/C24H31N.C2H6.CH3Cl/c1-18-11-10-13-22(15-18)25(17-19(2)16-24(5,6)7)21(4)23-14-9-8-12-20(23)3;2*1-2/h8-15H,2,4,16-17H2,1,3,5-7H3;1-2H3;1H3. The summed E-state index contributed by atoms with van der Waals surface area (Å²) < 4.78 is 0. The molecular formula is C27H40ClN. The zero-order valence-electron chi connectivity index (χ0n) is 19.8. The van der Waals surface area contributed by atoms with E-state index < -0.39 is 0 Å². The van der Waals surface area contributed by atoms with Crippen LogP contribution in [0.5, 0.6) is 0 Å². The van der Waals surface area contributed by atoms with Crippen LogP contribution in [-0.2, 0) is 0 Å². The molecule has 2 heteroatoms. The topological polar surface area (TPSA) is 3.24 Å². The number of halogens is 1. The maximum atomic E-state index is 4.64. The monoisotopic (exact) mass is 413 g/mol. The summed E-state index contributed by atoms with van der Waals surface area (Å²) in [5.74, 6) is 0. The molecule has 0 heterocycles. The summed E-state index contributed by atoms with van der Waals surface area (Å²) in [7, 11) is 0. The van der Waals surface area contributed by atoms with Gasteiger partial charge in [0.2, 0.25) is 0 Å². The van der Waals surface area contributed by atoms with Crippen molar-refractivity contribution in [3.8, 4) is 0 Å². The van der Waals surface area contributed by atoms with Gasteiger partial charge in [-0.15, -0.1) is 11.6 Å². The lowest BCUT2D eigenvalue weighted by Gasteiger charge is -2.31. The summed E-state index contributed by atoms with van der Waals surface area (Å²) in [5.41, 5.74) is 7.34. The van der Waals surface area contributed by atoms with Crippen molar-refractivity contribution in [3.63, 3.8) is 0 Å². The van der Waals surface area contributed by atoms with Gasteiger partial charge in [0.15, 0.2) is 0 Å². The normalized spacial score (nSPS) is 10.1. The number of benzene rings is 2. The molecule has 2 rings (SSSR count).